The lowest BCUT2D eigenvalue weighted by Gasteiger charge is -2.37. The number of rotatable bonds is 2. The van der Waals surface area contributed by atoms with Crippen LogP contribution in [0.5, 0.6) is 0 Å². The molecule has 2 saturated carbocycles. The lowest BCUT2D eigenvalue weighted by molar-refractivity contribution is -0.143. The molecule has 0 radical (unpaired) electrons. The van der Waals surface area contributed by atoms with Crippen LogP contribution in [0.4, 0.5) is 5.69 Å². The third-order valence-electron chi connectivity index (χ3n) is 6.05. The Morgan fingerprint density at radius 1 is 1.00 bits per heavy atom. The van der Waals surface area contributed by atoms with Gasteiger partial charge in [-0.2, -0.15) is 5.01 Å². The summed E-state index contributed by atoms with van der Waals surface area (Å²) in [6, 6.07) is 6.37. The first-order valence-electron chi connectivity index (χ1n) is 8.29. The molecule has 4 unspecified atom stereocenters. The van der Waals surface area contributed by atoms with E-state index in [1.165, 1.54) is 0 Å². The average Bonchev–Trinajstić information content (AvgIpc) is 3.36. The minimum Gasteiger partial charge on any atom is -0.399 e. The van der Waals surface area contributed by atoms with E-state index in [1.54, 1.807) is 24.3 Å². The molecule has 3 amide bonds. The number of imide groups is 1. The maximum absolute atomic E-state index is 12.8. The van der Waals surface area contributed by atoms with Crippen molar-refractivity contribution < 1.29 is 14.4 Å². The van der Waals surface area contributed by atoms with Gasteiger partial charge in [-0.3, -0.25) is 19.8 Å². The second-order valence-corrected chi connectivity index (χ2v) is 7.23. The Morgan fingerprint density at radius 3 is 2.08 bits per heavy atom. The van der Waals surface area contributed by atoms with Crippen molar-refractivity contribution in [3.05, 3.63) is 42.0 Å². The molecule has 24 heavy (non-hydrogen) atoms. The summed E-state index contributed by atoms with van der Waals surface area (Å²) in [6.07, 6.45) is 5.33. The van der Waals surface area contributed by atoms with Crippen molar-refractivity contribution >= 4 is 23.4 Å². The third-order valence-corrected chi connectivity index (χ3v) is 6.05. The monoisotopic (exact) mass is 323 g/mol. The van der Waals surface area contributed by atoms with Crippen LogP contribution in [0.3, 0.4) is 0 Å². The molecule has 1 saturated heterocycles. The fourth-order valence-corrected chi connectivity index (χ4v) is 4.87. The molecular formula is C18H17N3O3. The molecule has 0 aromatic heterocycles. The fourth-order valence-electron chi connectivity index (χ4n) is 4.87. The number of carbonyl (C=O) groups is 3. The van der Waals surface area contributed by atoms with Gasteiger partial charge in [-0.05, 0) is 54.4 Å². The van der Waals surface area contributed by atoms with E-state index in [-0.39, 0.29) is 35.5 Å². The fraction of sp³-hybridized carbons (Fsp3) is 0.389. The number of hydrogen-bond acceptors (Lipinski definition) is 4. The van der Waals surface area contributed by atoms with Crippen LogP contribution in [-0.4, -0.2) is 22.7 Å². The number of amides is 3. The number of hydrogen-bond donors (Lipinski definition) is 2. The van der Waals surface area contributed by atoms with Gasteiger partial charge in [0.2, 0.25) is 0 Å². The number of nitrogen functional groups attached to an aromatic ring is 1. The van der Waals surface area contributed by atoms with Crippen LogP contribution in [0, 0.1) is 35.5 Å². The van der Waals surface area contributed by atoms with Crippen LogP contribution in [0.15, 0.2) is 36.4 Å². The maximum Gasteiger partial charge on any atom is 0.270 e. The molecule has 1 aromatic carbocycles. The highest BCUT2D eigenvalue weighted by Gasteiger charge is 2.67. The van der Waals surface area contributed by atoms with E-state index in [2.05, 4.69) is 17.6 Å². The van der Waals surface area contributed by atoms with Gasteiger partial charge in [0.1, 0.15) is 0 Å². The summed E-state index contributed by atoms with van der Waals surface area (Å²) in [5, 5.41) is 0.950. The normalized spacial score (nSPS) is 38.1. The van der Waals surface area contributed by atoms with Gasteiger partial charge >= 0.3 is 0 Å². The molecule has 122 valence electrons. The molecule has 1 aromatic rings. The molecular weight excluding hydrogens is 306 g/mol. The van der Waals surface area contributed by atoms with E-state index >= 15 is 0 Å². The Bertz CT molecular complexity index is 764. The molecule has 6 nitrogen and oxygen atoms in total. The zero-order valence-electron chi connectivity index (χ0n) is 12.9. The third kappa shape index (κ3) is 1.68. The number of carbonyl (C=O) groups excluding carboxylic acids is 3. The van der Waals surface area contributed by atoms with Gasteiger partial charge in [-0.25, -0.2) is 0 Å². The minimum atomic E-state index is -0.471. The summed E-state index contributed by atoms with van der Waals surface area (Å²) in [5.74, 6) is -0.208. The Hall–Kier alpha value is -2.63. The number of hydrazine groups is 1. The summed E-state index contributed by atoms with van der Waals surface area (Å²) in [5.41, 5.74) is 9.02. The van der Waals surface area contributed by atoms with Crippen LogP contribution in [0.2, 0.25) is 0 Å². The van der Waals surface area contributed by atoms with E-state index in [0.717, 1.165) is 11.4 Å². The first-order valence-corrected chi connectivity index (χ1v) is 8.29. The van der Waals surface area contributed by atoms with Gasteiger partial charge in [-0.1, -0.05) is 12.2 Å². The summed E-state index contributed by atoms with van der Waals surface area (Å²) in [6.45, 7) is 0. The van der Waals surface area contributed by atoms with Crippen molar-refractivity contribution in [3.8, 4) is 0 Å². The standard InChI is InChI=1S/C18H17N3O3/c19-9-3-1-8(2-4-9)16(22)20-21-17(23)14-10-5-6-11(13-7-12(10)13)15(14)18(21)24/h1-6,10-15H,7,19H2,(H,20,22)/t10?,11?,12?,13?,14-,15+. The molecule has 5 aliphatic rings. The van der Waals surface area contributed by atoms with E-state index in [1.807, 2.05) is 0 Å². The molecule has 1 aliphatic heterocycles. The largest absolute Gasteiger partial charge is 0.399 e. The van der Waals surface area contributed by atoms with E-state index < -0.39 is 5.91 Å². The van der Waals surface area contributed by atoms with Gasteiger partial charge in [-0.15, -0.1) is 0 Å². The van der Waals surface area contributed by atoms with Crippen molar-refractivity contribution in [1.82, 2.24) is 10.4 Å². The van der Waals surface area contributed by atoms with E-state index in [4.69, 9.17) is 5.73 Å². The average molecular weight is 323 g/mol. The predicted octanol–water partition coefficient (Wildman–Crippen LogP) is 0.967. The number of allylic oxidation sites excluding steroid dienone is 2. The molecule has 6 rings (SSSR count). The molecule has 6 heteroatoms. The Morgan fingerprint density at radius 2 is 1.54 bits per heavy atom. The molecule has 1 heterocycles. The molecule has 3 N–H and O–H groups in total. The SMILES string of the molecule is Nc1ccc(C(=O)NN2C(=O)[C@@H]3C4C=CC(C5CC54)[C@@H]3C2=O)cc1. The summed E-state index contributed by atoms with van der Waals surface area (Å²) in [4.78, 5) is 37.9. The zero-order valence-corrected chi connectivity index (χ0v) is 12.9. The Kier molecular flexibility index (Phi) is 2.56. The lowest BCUT2D eigenvalue weighted by atomic mass is 9.63. The van der Waals surface area contributed by atoms with E-state index in [0.29, 0.717) is 23.1 Å². The quantitative estimate of drug-likeness (QED) is 0.482. The molecule has 4 aliphatic carbocycles. The molecule has 2 bridgehead atoms. The first kappa shape index (κ1) is 13.8. The van der Waals surface area contributed by atoms with Gasteiger partial charge < -0.3 is 5.73 Å². The number of nitrogens with two attached hydrogens (primary N) is 1. The number of anilines is 1. The predicted molar refractivity (Wildman–Crippen MR) is 84.9 cm³/mol. The van der Waals surface area contributed by atoms with Crippen LogP contribution in [-0.2, 0) is 9.59 Å². The van der Waals surface area contributed by atoms with Gasteiger partial charge in [0.15, 0.2) is 0 Å². The van der Waals surface area contributed by atoms with Crippen molar-refractivity contribution in [3.63, 3.8) is 0 Å². The topological polar surface area (TPSA) is 92.5 Å². The number of nitrogens with one attached hydrogen (secondary N) is 1. The van der Waals surface area contributed by atoms with Crippen LogP contribution >= 0.6 is 0 Å². The van der Waals surface area contributed by atoms with Crippen molar-refractivity contribution in [1.29, 1.82) is 0 Å². The highest BCUT2D eigenvalue weighted by atomic mass is 16.2. The van der Waals surface area contributed by atoms with E-state index in [9.17, 15) is 14.4 Å². The lowest BCUT2D eigenvalue weighted by Crippen LogP contribution is -2.46. The second-order valence-electron chi connectivity index (χ2n) is 7.23. The molecule has 0 spiro atoms. The maximum atomic E-state index is 12.8. The van der Waals surface area contributed by atoms with Crippen LogP contribution < -0.4 is 11.2 Å². The van der Waals surface area contributed by atoms with Crippen LogP contribution in [0.1, 0.15) is 16.8 Å². The van der Waals surface area contributed by atoms with Gasteiger partial charge in [0.25, 0.3) is 17.7 Å². The number of nitrogens with zero attached hydrogens (tertiary/aromatic N) is 1. The Labute approximate surface area is 138 Å². The smallest absolute Gasteiger partial charge is 0.270 e. The molecule has 3 fully saturated rings. The molecule has 6 atom stereocenters. The highest BCUT2D eigenvalue weighted by Crippen LogP contribution is 2.65. The second kappa shape index (κ2) is 4.47. The van der Waals surface area contributed by atoms with Crippen molar-refractivity contribution in [2.75, 3.05) is 5.73 Å². The van der Waals surface area contributed by atoms with Crippen molar-refractivity contribution in [2.45, 2.75) is 6.42 Å². The summed E-state index contributed by atoms with van der Waals surface area (Å²) >= 11 is 0. The van der Waals surface area contributed by atoms with Gasteiger partial charge in [0, 0.05) is 11.3 Å². The summed E-state index contributed by atoms with van der Waals surface area (Å²) < 4.78 is 0. The first-order chi connectivity index (χ1) is 11.6. The number of benzene rings is 1. The van der Waals surface area contributed by atoms with Gasteiger partial charge in [0.05, 0.1) is 11.8 Å². The highest BCUT2D eigenvalue weighted by molar-refractivity contribution is 6.08. The van der Waals surface area contributed by atoms with Crippen LogP contribution in [0.25, 0.3) is 0 Å². The summed E-state index contributed by atoms with van der Waals surface area (Å²) in [7, 11) is 0. The Balaban J connectivity index is 1.40. The zero-order chi connectivity index (χ0) is 16.6. The minimum absolute atomic E-state index is 0.153. The van der Waals surface area contributed by atoms with Crippen molar-refractivity contribution in [2.24, 2.45) is 35.5 Å².